The number of pyridine rings is 1. The lowest BCUT2D eigenvalue weighted by Gasteiger charge is -2.32. The molecule has 1 unspecified atom stereocenters. The fourth-order valence-corrected chi connectivity index (χ4v) is 5.28. The Morgan fingerprint density at radius 2 is 1.68 bits per heavy atom. The highest BCUT2D eigenvalue weighted by atomic mass is 16.5. The topological polar surface area (TPSA) is 91.8 Å². The quantitative estimate of drug-likeness (QED) is 0.479. The van der Waals surface area contributed by atoms with Gasteiger partial charge in [0.05, 0.1) is 5.69 Å². The number of nitrogens with zero attached hydrogens (tertiary/aromatic N) is 3. The van der Waals surface area contributed by atoms with Gasteiger partial charge < -0.3 is 19.9 Å². The molecule has 1 atom stereocenters. The van der Waals surface area contributed by atoms with Gasteiger partial charge in [0.25, 0.3) is 5.91 Å². The number of benzene rings is 2. The molecule has 196 valence electrons. The first kappa shape index (κ1) is 25.4. The summed E-state index contributed by atoms with van der Waals surface area (Å²) in [5.41, 5.74) is 2.48. The van der Waals surface area contributed by atoms with E-state index < -0.39 is 12.1 Å². The number of fused-ring (bicyclic) bond motifs is 2. The molecule has 2 amide bonds. The van der Waals surface area contributed by atoms with E-state index in [0.717, 1.165) is 37.3 Å². The summed E-state index contributed by atoms with van der Waals surface area (Å²) in [5, 5.41) is 3.07. The number of ether oxygens (including phenoxy) is 1. The Morgan fingerprint density at radius 3 is 2.42 bits per heavy atom. The fraction of sp³-hybridized carbons (Fsp3) is 0.333. The zero-order chi connectivity index (χ0) is 26.5. The van der Waals surface area contributed by atoms with Gasteiger partial charge in [-0.15, -0.1) is 0 Å². The normalized spacial score (nSPS) is 17.3. The van der Waals surface area contributed by atoms with Crippen molar-refractivity contribution in [3.8, 4) is 0 Å². The van der Waals surface area contributed by atoms with Crippen LogP contribution in [0.4, 0.5) is 11.5 Å². The molecule has 2 aromatic carbocycles. The van der Waals surface area contributed by atoms with Crippen LogP contribution in [0, 0.1) is 5.92 Å². The van der Waals surface area contributed by atoms with Crippen LogP contribution in [-0.2, 0) is 14.3 Å². The van der Waals surface area contributed by atoms with Crippen molar-refractivity contribution in [2.24, 2.45) is 5.92 Å². The molecule has 8 heteroatoms. The smallest absolute Gasteiger partial charge is 0.303 e. The predicted octanol–water partition coefficient (Wildman–Crippen LogP) is 4.12. The van der Waals surface area contributed by atoms with Crippen LogP contribution in [-0.4, -0.2) is 48.9 Å². The summed E-state index contributed by atoms with van der Waals surface area (Å²) in [6.07, 6.45) is 3.27. The fourth-order valence-electron chi connectivity index (χ4n) is 5.28. The summed E-state index contributed by atoms with van der Waals surface area (Å²) in [5.74, 6) is 0.686. The number of carbonyl (C=O) groups is 3. The monoisotopic (exact) mass is 512 g/mol. The average molecular weight is 513 g/mol. The van der Waals surface area contributed by atoms with Crippen LogP contribution in [0.25, 0.3) is 0 Å². The van der Waals surface area contributed by atoms with Gasteiger partial charge in [-0.25, -0.2) is 4.98 Å². The van der Waals surface area contributed by atoms with Crippen LogP contribution in [0.3, 0.4) is 0 Å². The summed E-state index contributed by atoms with van der Waals surface area (Å²) < 4.78 is 5.68. The second-order valence-electron chi connectivity index (χ2n) is 9.76. The molecule has 38 heavy (non-hydrogen) atoms. The van der Waals surface area contributed by atoms with Crippen molar-refractivity contribution < 1.29 is 19.1 Å². The van der Waals surface area contributed by atoms with Gasteiger partial charge in [-0.05, 0) is 43.0 Å². The number of amides is 2. The summed E-state index contributed by atoms with van der Waals surface area (Å²) in [4.78, 5) is 46.7. The maximum atomic E-state index is 13.6. The summed E-state index contributed by atoms with van der Waals surface area (Å²) in [7, 11) is 0. The molecule has 1 fully saturated rings. The van der Waals surface area contributed by atoms with E-state index in [-0.39, 0.29) is 24.8 Å². The van der Waals surface area contributed by atoms with Gasteiger partial charge >= 0.3 is 5.97 Å². The number of anilines is 2. The molecular weight excluding hydrogens is 480 g/mol. The molecule has 2 aliphatic heterocycles. The lowest BCUT2D eigenvalue weighted by molar-refractivity contribution is -0.144. The lowest BCUT2D eigenvalue weighted by Crippen LogP contribution is -2.40. The highest BCUT2D eigenvalue weighted by molar-refractivity contribution is 6.09. The molecule has 1 aromatic heterocycles. The molecule has 5 rings (SSSR count). The first-order chi connectivity index (χ1) is 18.5. The van der Waals surface area contributed by atoms with Gasteiger partial charge in [-0.3, -0.25) is 14.4 Å². The minimum absolute atomic E-state index is 0.0866. The number of rotatable bonds is 7. The molecule has 1 N–H and O–H groups in total. The Morgan fingerprint density at radius 1 is 0.974 bits per heavy atom. The number of nitrogens with one attached hydrogen (secondary N) is 1. The van der Waals surface area contributed by atoms with Gasteiger partial charge in [0.2, 0.25) is 5.91 Å². The first-order valence-corrected chi connectivity index (χ1v) is 13.1. The van der Waals surface area contributed by atoms with Gasteiger partial charge in [0.1, 0.15) is 5.82 Å². The number of para-hydroxylation sites is 1. The van der Waals surface area contributed by atoms with Crippen LogP contribution in [0.2, 0.25) is 0 Å². The maximum Gasteiger partial charge on any atom is 0.303 e. The van der Waals surface area contributed by atoms with Crippen LogP contribution in [0.15, 0.2) is 72.9 Å². The van der Waals surface area contributed by atoms with Crippen molar-refractivity contribution in [2.45, 2.75) is 32.3 Å². The third kappa shape index (κ3) is 5.54. The molecule has 0 spiro atoms. The molecule has 0 saturated carbocycles. The molecule has 0 aliphatic carbocycles. The van der Waals surface area contributed by atoms with Crippen LogP contribution in [0.1, 0.15) is 53.8 Å². The molecule has 0 bridgehead atoms. The Kier molecular flexibility index (Phi) is 7.67. The number of piperidine rings is 1. The molecule has 8 nitrogen and oxygen atoms in total. The second-order valence-corrected chi connectivity index (χ2v) is 9.76. The van der Waals surface area contributed by atoms with E-state index in [1.54, 1.807) is 17.0 Å². The van der Waals surface area contributed by atoms with Gasteiger partial charge in [0, 0.05) is 62.4 Å². The van der Waals surface area contributed by atoms with Crippen LogP contribution >= 0.6 is 0 Å². The first-order valence-electron chi connectivity index (χ1n) is 13.1. The number of aromatic nitrogens is 1. The van der Waals surface area contributed by atoms with Gasteiger partial charge in [-0.2, -0.15) is 0 Å². The molecule has 0 radical (unpaired) electrons. The Labute approximate surface area is 222 Å². The average Bonchev–Trinajstić information content (AvgIpc) is 3.04. The number of hydrogen-bond acceptors (Lipinski definition) is 6. The van der Waals surface area contributed by atoms with E-state index in [2.05, 4.69) is 15.2 Å². The van der Waals surface area contributed by atoms with Crippen molar-refractivity contribution in [3.05, 3.63) is 89.6 Å². The number of carbonyl (C=O) groups excluding carboxylic acids is 3. The Balaban J connectivity index is 1.23. The maximum absolute atomic E-state index is 13.6. The highest BCUT2D eigenvalue weighted by Gasteiger charge is 2.34. The molecule has 2 aliphatic rings. The minimum atomic E-state index is -0.695. The van der Waals surface area contributed by atoms with E-state index in [9.17, 15) is 14.4 Å². The third-order valence-electron chi connectivity index (χ3n) is 7.25. The van der Waals surface area contributed by atoms with Gasteiger partial charge in [0.15, 0.2) is 6.10 Å². The molecule has 3 heterocycles. The summed E-state index contributed by atoms with van der Waals surface area (Å²) in [6, 6.07) is 20.5. The van der Waals surface area contributed by atoms with E-state index in [0.29, 0.717) is 29.3 Å². The molecule has 3 aromatic rings. The van der Waals surface area contributed by atoms with E-state index in [4.69, 9.17) is 4.74 Å². The lowest BCUT2D eigenvalue weighted by atomic mass is 9.96. The molecule has 1 saturated heterocycles. The Hall–Kier alpha value is -4.20. The van der Waals surface area contributed by atoms with Crippen molar-refractivity contribution >= 4 is 29.3 Å². The molecular formula is C30H32N4O4. The largest absolute Gasteiger partial charge is 0.453 e. The van der Waals surface area contributed by atoms with E-state index >= 15 is 0 Å². The minimum Gasteiger partial charge on any atom is -0.453 e. The number of esters is 1. The van der Waals surface area contributed by atoms with Crippen LogP contribution in [0.5, 0.6) is 0 Å². The van der Waals surface area contributed by atoms with Crippen molar-refractivity contribution in [1.82, 2.24) is 10.3 Å². The standard InChI is InChI=1S/C30H32N4O4/c1-21(35)38-29-23-8-2-3-9-24(23)30(37)34(26-11-5-4-10-25(26)29)19-15-28(36)32-20-22-13-17-33(18-14-22)27-12-6-7-16-31-27/h2-12,16,22,29H,13-15,17-20H2,1H3,(H,32,36). The zero-order valence-corrected chi connectivity index (χ0v) is 21.5. The van der Waals surface area contributed by atoms with Crippen molar-refractivity contribution in [2.75, 3.05) is 36.0 Å². The van der Waals surface area contributed by atoms with Gasteiger partial charge in [-0.1, -0.05) is 42.5 Å². The van der Waals surface area contributed by atoms with E-state index in [1.807, 2.05) is 60.8 Å². The highest BCUT2D eigenvalue weighted by Crippen LogP contribution is 2.39. The van der Waals surface area contributed by atoms with Crippen LogP contribution < -0.4 is 15.1 Å². The summed E-state index contributed by atoms with van der Waals surface area (Å²) in [6.45, 7) is 4.04. The predicted molar refractivity (Wildman–Crippen MR) is 145 cm³/mol. The van der Waals surface area contributed by atoms with Crippen molar-refractivity contribution in [1.29, 1.82) is 0 Å². The second kappa shape index (κ2) is 11.5. The van der Waals surface area contributed by atoms with E-state index in [1.165, 1.54) is 6.92 Å². The summed E-state index contributed by atoms with van der Waals surface area (Å²) >= 11 is 0. The number of hydrogen-bond donors (Lipinski definition) is 1. The SMILES string of the molecule is CC(=O)OC1c2ccccc2C(=O)N(CCC(=O)NCC2CCN(c3ccccn3)CC2)c2ccccc21. The third-order valence-corrected chi connectivity index (χ3v) is 7.25. The zero-order valence-electron chi connectivity index (χ0n) is 21.5. The van der Waals surface area contributed by atoms with Crippen molar-refractivity contribution in [3.63, 3.8) is 0 Å². The Bertz CT molecular complexity index is 1300.